The van der Waals surface area contributed by atoms with Crippen molar-refractivity contribution in [2.45, 2.75) is 26.2 Å². The third kappa shape index (κ3) is 5.70. The van der Waals surface area contributed by atoms with Crippen LogP contribution in [-0.4, -0.2) is 34.3 Å². The van der Waals surface area contributed by atoms with Crippen molar-refractivity contribution in [2.75, 3.05) is 13.2 Å². The quantitative estimate of drug-likeness (QED) is 0.158. The van der Waals surface area contributed by atoms with Crippen LogP contribution in [0.1, 0.15) is 33.6 Å². The van der Waals surface area contributed by atoms with E-state index in [0.29, 0.717) is 31.9 Å². The SMILES string of the molecule is Cc1cnc(OCCc2ccccc2)cc1-c1cccc2c(CCCOc3cccc4ccccc34)c(C(=O)O)[nH]c12. The highest BCUT2D eigenvalue weighted by atomic mass is 16.5. The molecule has 42 heavy (non-hydrogen) atoms. The van der Waals surface area contributed by atoms with E-state index in [2.05, 4.69) is 40.3 Å². The number of H-pyrrole nitrogens is 1. The van der Waals surface area contributed by atoms with Crippen molar-refractivity contribution in [1.82, 2.24) is 9.97 Å². The van der Waals surface area contributed by atoms with Crippen LogP contribution in [-0.2, 0) is 12.8 Å². The first-order valence-corrected chi connectivity index (χ1v) is 14.2. The molecule has 2 heterocycles. The molecule has 0 saturated heterocycles. The summed E-state index contributed by atoms with van der Waals surface area (Å²) in [5.74, 6) is 0.403. The highest BCUT2D eigenvalue weighted by Crippen LogP contribution is 2.35. The molecule has 0 spiro atoms. The molecule has 0 atom stereocenters. The summed E-state index contributed by atoms with van der Waals surface area (Å²) < 4.78 is 12.1. The van der Waals surface area contributed by atoms with Gasteiger partial charge in [0.05, 0.1) is 18.7 Å². The van der Waals surface area contributed by atoms with Crippen LogP contribution in [0.4, 0.5) is 0 Å². The standard InChI is InChI=1S/C36H32N2O4/c1-24-23-37-33(42-21-19-25-10-3-2-4-11-25)22-31(24)30-16-8-15-28-29(35(36(39)40)38-34(28)30)17-9-20-41-32-18-7-13-26-12-5-6-14-27(26)32/h2-8,10-16,18,22-23,38H,9,17,19-21H2,1H3,(H,39,40). The van der Waals surface area contributed by atoms with Crippen LogP contribution in [0.25, 0.3) is 32.8 Å². The summed E-state index contributed by atoms with van der Waals surface area (Å²) in [4.78, 5) is 20.0. The monoisotopic (exact) mass is 556 g/mol. The molecule has 0 aliphatic rings. The Morgan fingerprint density at radius 3 is 2.43 bits per heavy atom. The number of aromatic amines is 1. The summed E-state index contributed by atoms with van der Waals surface area (Å²) in [6.45, 7) is 2.99. The number of carboxylic acid groups (broad SMARTS) is 1. The lowest BCUT2D eigenvalue weighted by molar-refractivity contribution is 0.0690. The highest BCUT2D eigenvalue weighted by Gasteiger charge is 2.20. The molecule has 210 valence electrons. The van der Waals surface area contributed by atoms with Crippen LogP contribution in [0.3, 0.4) is 0 Å². The largest absolute Gasteiger partial charge is 0.493 e. The van der Waals surface area contributed by atoms with Crippen LogP contribution in [0.5, 0.6) is 11.6 Å². The van der Waals surface area contributed by atoms with Crippen LogP contribution < -0.4 is 9.47 Å². The maximum Gasteiger partial charge on any atom is 0.352 e. The van der Waals surface area contributed by atoms with Gasteiger partial charge in [0.25, 0.3) is 0 Å². The average Bonchev–Trinajstić information content (AvgIpc) is 3.40. The van der Waals surface area contributed by atoms with E-state index in [9.17, 15) is 9.90 Å². The second-order valence-corrected chi connectivity index (χ2v) is 10.4. The van der Waals surface area contributed by atoms with E-state index >= 15 is 0 Å². The number of benzene rings is 4. The number of rotatable bonds is 11. The molecule has 0 aliphatic carbocycles. The van der Waals surface area contributed by atoms with E-state index in [1.165, 1.54) is 5.56 Å². The summed E-state index contributed by atoms with van der Waals surface area (Å²) in [5.41, 5.74) is 5.85. The smallest absolute Gasteiger partial charge is 0.352 e. The summed E-state index contributed by atoms with van der Waals surface area (Å²) in [6, 6.07) is 32.3. The molecule has 0 radical (unpaired) electrons. The van der Waals surface area contributed by atoms with Gasteiger partial charge in [-0.25, -0.2) is 9.78 Å². The Morgan fingerprint density at radius 2 is 1.57 bits per heavy atom. The van der Waals surface area contributed by atoms with Crippen LogP contribution in [0, 0.1) is 6.92 Å². The first-order valence-electron chi connectivity index (χ1n) is 14.2. The van der Waals surface area contributed by atoms with Crippen molar-refractivity contribution in [3.05, 3.63) is 126 Å². The Balaban J connectivity index is 1.22. The minimum atomic E-state index is -0.974. The molecule has 2 aromatic heterocycles. The van der Waals surface area contributed by atoms with Gasteiger partial charge in [-0.05, 0) is 53.5 Å². The number of nitrogens with one attached hydrogen (secondary N) is 1. The third-order valence-electron chi connectivity index (χ3n) is 7.59. The third-order valence-corrected chi connectivity index (χ3v) is 7.59. The number of hydrogen-bond donors (Lipinski definition) is 2. The summed E-state index contributed by atoms with van der Waals surface area (Å²) in [7, 11) is 0. The van der Waals surface area contributed by atoms with Gasteiger partial charge in [-0.15, -0.1) is 0 Å². The van der Waals surface area contributed by atoms with Gasteiger partial charge >= 0.3 is 5.97 Å². The maximum absolute atomic E-state index is 12.3. The predicted octanol–water partition coefficient (Wildman–Crippen LogP) is 8.02. The summed E-state index contributed by atoms with van der Waals surface area (Å²) in [5, 5.41) is 13.2. The molecule has 6 rings (SSSR count). The first kappa shape index (κ1) is 27.1. The van der Waals surface area contributed by atoms with Crippen LogP contribution in [0.15, 0.2) is 103 Å². The van der Waals surface area contributed by atoms with Crippen molar-refractivity contribution < 1.29 is 19.4 Å². The van der Waals surface area contributed by atoms with Gasteiger partial charge in [0.1, 0.15) is 11.4 Å². The fraction of sp³-hybridized carbons (Fsp3) is 0.167. The Hall–Kier alpha value is -5.10. The minimum Gasteiger partial charge on any atom is -0.493 e. The lowest BCUT2D eigenvalue weighted by Crippen LogP contribution is -2.04. The number of pyridine rings is 1. The number of fused-ring (bicyclic) bond motifs is 2. The number of nitrogens with zero attached hydrogens (tertiary/aromatic N) is 1. The minimum absolute atomic E-state index is 0.216. The van der Waals surface area contributed by atoms with E-state index in [4.69, 9.17) is 9.47 Å². The van der Waals surface area contributed by atoms with Crippen molar-refractivity contribution in [3.8, 4) is 22.8 Å². The molecule has 0 aliphatic heterocycles. The van der Waals surface area contributed by atoms with E-state index in [-0.39, 0.29) is 5.69 Å². The van der Waals surface area contributed by atoms with E-state index in [1.54, 1.807) is 6.20 Å². The molecule has 6 heteroatoms. The number of aromatic nitrogens is 2. The molecule has 0 unspecified atom stereocenters. The zero-order valence-electron chi connectivity index (χ0n) is 23.5. The first-order chi connectivity index (χ1) is 20.6. The van der Waals surface area contributed by atoms with Crippen molar-refractivity contribution in [2.24, 2.45) is 0 Å². The molecular formula is C36H32N2O4. The number of aryl methyl sites for hydroxylation is 2. The highest BCUT2D eigenvalue weighted by molar-refractivity contribution is 6.03. The number of ether oxygens (including phenoxy) is 2. The van der Waals surface area contributed by atoms with E-state index in [0.717, 1.165) is 56.1 Å². The zero-order valence-corrected chi connectivity index (χ0v) is 23.5. The number of hydrogen-bond acceptors (Lipinski definition) is 4. The van der Waals surface area contributed by atoms with Crippen LogP contribution in [0.2, 0.25) is 0 Å². The van der Waals surface area contributed by atoms with Crippen molar-refractivity contribution in [1.29, 1.82) is 0 Å². The van der Waals surface area contributed by atoms with Gasteiger partial charge in [-0.3, -0.25) is 0 Å². The Bertz CT molecular complexity index is 1850. The van der Waals surface area contributed by atoms with Gasteiger partial charge in [0.2, 0.25) is 5.88 Å². The van der Waals surface area contributed by atoms with Crippen LogP contribution >= 0.6 is 0 Å². The van der Waals surface area contributed by atoms with Gasteiger partial charge in [0.15, 0.2) is 0 Å². The number of carbonyl (C=O) groups is 1. The molecule has 2 N–H and O–H groups in total. The molecule has 0 bridgehead atoms. The van der Waals surface area contributed by atoms with Crippen molar-refractivity contribution >= 4 is 27.6 Å². The molecule has 6 aromatic rings. The molecular weight excluding hydrogens is 524 g/mol. The van der Waals surface area contributed by atoms with Crippen molar-refractivity contribution in [3.63, 3.8) is 0 Å². The van der Waals surface area contributed by atoms with E-state index in [1.807, 2.05) is 73.7 Å². The lowest BCUT2D eigenvalue weighted by atomic mass is 9.98. The maximum atomic E-state index is 12.3. The second-order valence-electron chi connectivity index (χ2n) is 10.4. The molecule has 0 amide bonds. The molecule has 6 nitrogen and oxygen atoms in total. The summed E-state index contributed by atoms with van der Waals surface area (Å²) in [6.07, 6.45) is 3.83. The lowest BCUT2D eigenvalue weighted by Gasteiger charge is -2.11. The summed E-state index contributed by atoms with van der Waals surface area (Å²) >= 11 is 0. The van der Waals surface area contributed by atoms with E-state index < -0.39 is 5.97 Å². The van der Waals surface area contributed by atoms with Gasteiger partial charge in [-0.1, -0.05) is 84.9 Å². The van der Waals surface area contributed by atoms with Gasteiger partial charge < -0.3 is 19.6 Å². The fourth-order valence-electron chi connectivity index (χ4n) is 5.48. The number of para-hydroxylation sites is 1. The Labute approximate surface area is 244 Å². The average molecular weight is 557 g/mol. The number of carboxylic acids is 1. The molecule has 4 aromatic carbocycles. The van der Waals surface area contributed by atoms with Gasteiger partial charge in [-0.2, -0.15) is 0 Å². The molecule has 0 fully saturated rings. The second kappa shape index (κ2) is 12.2. The predicted molar refractivity (Wildman–Crippen MR) is 167 cm³/mol. The Kier molecular flexibility index (Phi) is 7.86. The van der Waals surface area contributed by atoms with Gasteiger partial charge in [0, 0.05) is 35.0 Å². The Morgan fingerprint density at radius 1 is 0.810 bits per heavy atom. The zero-order chi connectivity index (χ0) is 28.9. The number of aromatic carboxylic acids is 1. The fourth-order valence-corrected chi connectivity index (χ4v) is 5.48. The normalized spacial score (nSPS) is 11.2. The topological polar surface area (TPSA) is 84.4 Å². The molecule has 0 saturated carbocycles.